The average Bonchev–Trinajstić information content (AvgIpc) is 2.21. The van der Waals surface area contributed by atoms with Gasteiger partial charge in [0.05, 0.1) is 18.6 Å². The summed E-state index contributed by atoms with van der Waals surface area (Å²) < 4.78 is 27.3. The summed E-state index contributed by atoms with van der Waals surface area (Å²) in [6, 6.07) is 3.00. The van der Waals surface area contributed by atoms with Gasteiger partial charge in [0.2, 0.25) is 15.0 Å². The molecule has 0 unspecified atom stereocenters. The summed E-state index contributed by atoms with van der Waals surface area (Å²) in [5, 5.41) is 2.67. The Morgan fingerprint density at radius 2 is 2.06 bits per heavy atom. The van der Waals surface area contributed by atoms with Gasteiger partial charge in [0.25, 0.3) is 0 Å². The fourth-order valence-electron chi connectivity index (χ4n) is 1.40. The van der Waals surface area contributed by atoms with Crippen LogP contribution >= 0.6 is 22.3 Å². The summed E-state index contributed by atoms with van der Waals surface area (Å²) >= 11 is 5.92. The van der Waals surface area contributed by atoms with Crippen molar-refractivity contribution >= 4 is 42.9 Å². The number of rotatable bonds is 4. The lowest BCUT2D eigenvalue weighted by Gasteiger charge is -2.14. The first kappa shape index (κ1) is 15.1. The maximum Gasteiger partial charge on any atom is 0.236 e. The Hall–Kier alpha value is -0.980. The molecule has 1 aromatic rings. The molecule has 18 heavy (non-hydrogen) atoms. The lowest BCUT2D eigenvalue weighted by atomic mass is 10.2. The quantitative estimate of drug-likeness (QED) is 0.866. The molecule has 0 aliphatic rings. The van der Waals surface area contributed by atoms with Crippen LogP contribution in [0.5, 0.6) is 5.75 Å². The number of halogens is 2. The van der Waals surface area contributed by atoms with E-state index in [2.05, 4.69) is 5.32 Å². The third kappa shape index (κ3) is 4.04. The molecule has 0 aliphatic heterocycles. The number of benzene rings is 1. The Morgan fingerprint density at radius 3 is 2.50 bits per heavy atom. The summed E-state index contributed by atoms with van der Waals surface area (Å²) in [4.78, 5) is 11.1. The minimum atomic E-state index is -3.80. The Bertz CT molecular complexity index is 571. The highest BCUT2D eigenvalue weighted by Gasteiger charge is 2.19. The second-order valence-electron chi connectivity index (χ2n) is 3.47. The Labute approximate surface area is 114 Å². The van der Waals surface area contributed by atoms with Crippen LogP contribution in [0.3, 0.4) is 0 Å². The van der Waals surface area contributed by atoms with Crippen molar-refractivity contribution in [3.8, 4) is 5.75 Å². The molecule has 0 fully saturated rings. The summed E-state index contributed by atoms with van der Waals surface area (Å²) in [6.45, 7) is 1.29. The highest BCUT2D eigenvalue weighted by Crippen LogP contribution is 2.35. The van der Waals surface area contributed by atoms with E-state index < -0.39 is 14.8 Å². The number of carbonyl (C=O) groups excluding carboxylic acids is 1. The molecule has 5 nitrogen and oxygen atoms in total. The monoisotopic (exact) mass is 311 g/mol. The van der Waals surface area contributed by atoms with Gasteiger partial charge >= 0.3 is 0 Å². The highest BCUT2D eigenvalue weighted by molar-refractivity contribution is 8.13. The van der Waals surface area contributed by atoms with Gasteiger partial charge in [0, 0.05) is 28.2 Å². The van der Waals surface area contributed by atoms with Crippen molar-refractivity contribution in [2.75, 3.05) is 12.4 Å². The van der Waals surface area contributed by atoms with Gasteiger partial charge in [0.15, 0.2) is 0 Å². The molecule has 1 rings (SSSR count). The SMILES string of the molecule is COc1ccc(Cl)c(CS(=O)(=O)Cl)c1NC(C)=O. The minimum Gasteiger partial charge on any atom is -0.495 e. The number of nitrogens with one attached hydrogen (secondary N) is 1. The molecule has 0 saturated carbocycles. The van der Waals surface area contributed by atoms with E-state index in [1.807, 2.05) is 0 Å². The first-order valence-corrected chi connectivity index (χ1v) is 7.65. The zero-order valence-corrected chi connectivity index (χ0v) is 12.0. The van der Waals surface area contributed by atoms with Crippen molar-refractivity contribution in [1.29, 1.82) is 0 Å². The van der Waals surface area contributed by atoms with E-state index in [9.17, 15) is 13.2 Å². The maximum absolute atomic E-state index is 11.1. The van der Waals surface area contributed by atoms with Crippen molar-refractivity contribution in [1.82, 2.24) is 0 Å². The van der Waals surface area contributed by atoms with Crippen LogP contribution in [0.1, 0.15) is 12.5 Å². The van der Waals surface area contributed by atoms with Crippen molar-refractivity contribution in [3.63, 3.8) is 0 Å². The van der Waals surface area contributed by atoms with E-state index in [-0.39, 0.29) is 22.2 Å². The molecule has 1 N–H and O–H groups in total. The maximum atomic E-state index is 11.1. The standard InChI is InChI=1S/C10H11Cl2NO4S/c1-6(14)13-10-7(5-18(12,15)16)8(11)3-4-9(10)17-2/h3-4H,5H2,1-2H3,(H,13,14). The van der Waals surface area contributed by atoms with Crippen LogP contribution in [0.4, 0.5) is 5.69 Å². The van der Waals surface area contributed by atoms with Crippen LogP contribution in [0, 0.1) is 0 Å². The van der Waals surface area contributed by atoms with E-state index in [4.69, 9.17) is 27.0 Å². The summed E-state index contributed by atoms with van der Waals surface area (Å²) in [7, 11) is 2.80. The van der Waals surface area contributed by atoms with Gasteiger partial charge < -0.3 is 10.1 Å². The predicted octanol–water partition coefficient (Wildman–Crippen LogP) is 2.38. The fraction of sp³-hybridized carbons (Fsp3) is 0.300. The summed E-state index contributed by atoms with van der Waals surface area (Å²) in [5.74, 6) is -0.561. The van der Waals surface area contributed by atoms with Gasteiger partial charge in [-0.2, -0.15) is 0 Å². The zero-order valence-electron chi connectivity index (χ0n) is 9.66. The molecule has 0 saturated heterocycles. The van der Waals surface area contributed by atoms with Crippen LogP contribution in [0.25, 0.3) is 0 Å². The van der Waals surface area contributed by atoms with Crippen molar-refractivity contribution in [2.24, 2.45) is 0 Å². The lowest BCUT2D eigenvalue weighted by Crippen LogP contribution is -2.11. The summed E-state index contributed by atoms with van der Waals surface area (Å²) in [6.07, 6.45) is 0. The number of anilines is 1. The Balaban J connectivity index is 3.40. The van der Waals surface area contributed by atoms with Gasteiger partial charge in [-0.1, -0.05) is 11.6 Å². The van der Waals surface area contributed by atoms with Crippen LogP contribution in [-0.2, 0) is 19.6 Å². The Kier molecular flexibility index (Phi) is 4.84. The fourth-order valence-corrected chi connectivity index (χ4v) is 2.67. The third-order valence-electron chi connectivity index (χ3n) is 2.06. The molecule has 1 aromatic carbocycles. The van der Waals surface area contributed by atoms with Crippen LogP contribution in [0.15, 0.2) is 12.1 Å². The minimum absolute atomic E-state index is 0.184. The molecular weight excluding hydrogens is 301 g/mol. The number of carbonyl (C=O) groups is 1. The van der Waals surface area contributed by atoms with Crippen molar-refractivity contribution in [3.05, 3.63) is 22.7 Å². The third-order valence-corrected chi connectivity index (χ3v) is 3.37. The van der Waals surface area contributed by atoms with Crippen molar-refractivity contribution in [2.45, 2.75) is 12.7 Å². The topological polar surface area (TPSA) is 72.5 Å². The molecule has 8 heteroatoms. The molecule has 0 heterocycles. The van der Waals surface area contributed by atoms with Crippen LogP contribution in [0.2, 0.25) is 5.02 Å². The van der Waals surface area contributed by atoms with Gasteiger partial charge in [-0.15, -0.1) is 0 Å². The van der Waals surface area contributed by atoms with E-state index in [0.717, 1.165) is 0 Å². The largest absolute Gasteiger partial charge is 0.495 e. The molecular formula is C10H11Cl2NO4S. The molecule has 0 aliphatic carbocycles. The van der Waals surface area contributed by atoms with Gasteiger partial charge in [-0.25, -0.2) is 8.42 Å². The Morgan fingerprint density at radius 1 is 1.44 bits per heavy atom. The zero-order chi connectivity index (χ0) is 13.9. The van der Waals surface area contributed by atoms with Gasteiger partial charge in [0.1, 0.15) is 5.75 Å². The number of methoxy groups -OCH3 is 1. The molecule has 0 aromatic heterocycles. The lowest BCUT2D eigenvalue weighted by molar-refractivity contribution is -0.114. The van der Waals surface area contributed by atoms with Gasteiger partial charge in [-0.3, -0.25) is 4.79 Å². The molecule has 0 bridgehead atoms. The van der Waals surface area contributed by atoms with E-state index >= 15 is 0 Å². The van der Waals surface area contributed by atoms with Crippen LogP contribution in [-0.4, -0.2) is 21.4 Å². The number of ether oxygens (including phenoxy) is 1. The average molecular weight is 312 g/mol. The number of hydrogen-bond acceptors (Lipinski definition) is 4. The number of amides is 1. The smallest absolute Gasteiger partial charge is 0.236 e. The van der Waals surface area contributed by atoms with E-state index in [1.165, 1.54) is 26.2 Å². The molecule has 0 atom stereocenters. The first-order valence-electron chi connectivity index (χ1n) is 4.80. The summed E-state index contributed by atoms with van der Waals surface area (Å²) in [5.41, 5.74) is 0.406. The predicted molar refractivity (Wildman–Crippen MR) is 70.8 cm³/mol. The number of hydrogen-bond donors (Lipinski definition) is 1. The van der Waals surface area contributed by atoms with E-state index in [1.54, 1.807) is 0 Å². The second kappa shape index (κ2) is 5.77. The molecule has 0 spiro atoms. The van der Waals surface area contributed by atoms with Gasteiger partial charge in [-0.05, 0) is 12.1 Å². The second-order valence-corrected chi connectivity index (χ2v) is 6.65. The van der Waals surface area contributed by atoms with Crippen LogP contribution < -0.4 is 10.1 Å². The molecule has 100 valence electrons. The highest BCUT2D eigenvalue weighted by atomic mass is 35.7. The molecule has 1 amide bonds. The first-order chi connectivity index (χ1) is 8.24. The molecule has 0 radical (unpaired) electrons. The van der Waals surface area contributed by atoms with Crippen molar-refractivity contribution < 1.29 is 17.9 Å². The van der Waals surface area contributed by atoms with E-state index in [0.29, 0.717) is 5.75 Å². The normalized spacial score (nSPS) is 11.1.